The Morgan fingerprint density at radius 3 is 3.00 bits per heavy atom. The fourth-order valence-electron chi connectivity index (χ4n) is 0.957. The summed E-state index contributed by atoms with van der Waals surface area (Å²) in [6, 6.07) is 0. The van der Waals surface area contributed by atoms with Crippen molar-refractivity contribution in [1.29, 1.82) is 0 Å². The van der Waals surface area contributed by atoms with Gasteiger partial charge < -0.3 is 9.64 Å². The van der Waals surface area contributed by atoms with Crippen LogP contribution in [-0.2, 0) is 9.53 Å². The van der Waals surface area contributed by atoms with Gasteiger partial charge in [-0.15, -0.1) is 0 Å². The van der Waals surface area contributed by atoms with Crippen LogP contribution in [0.3, 0.4) is 0 Å². The molecule has 1 heterocycles. The molecule has 1 fully saturated rings. The first-order valence-corrected chi connectivity index (χ1v) is 4.71. The number of thioether (sulfide) groups is 1. The summed E-state index contributed by atoms with van der Waals surface area (Å²) in [5.41, 5.74) is 0. The predicted octanol–water partition coefficient (Wildman–Crippen LogP) is 0.718. The minimum atomic E-state index is -0.264. The Hall–Kier alpha value is -0.710. The van der Waals surface area contributed by atoms with Gasteiger partial charge in [-0.25, -0.2) is 0 Å². The molecule has 0 spiro atoms. The Labute approximate surface area is 75.2 Å². The summed E-state index contributed by atoms with van der Waals surface area (Å²) >= 11 is 1.30. The fraction of sp³-hybridized carbons (Fsp3) is 0.714. The number of methoxy groups -OCH3 is 1. The summed E-state index contributed by atoms with van der Waals surface area (Å²) in [6.45, 7) is 1.24. The second kappa shape index (κ2) is 4.35. The maximum absolute atomic E-state index is 11.0. The molecule has 0 N–H and O–H groups in total. The first-order chi connectivity index (χ1) is 5.74. The molecule has 12 heavy (non-hydrogen) atoms. The number of esters is 1. The van der Waals surface area contributed by atoms with E-state index in [1.54, 1.807) is 4.90 Å². The molecule has 1 saturated heterocycles. The van der Waals surface area contributed by atoms with Crippen LogP contribution < -0.4 is 0 Å². The quantitative estimate of drug-likeness (QED) is 0.614. The van der Waals surface area contributed by atoms with Crippen LogP contribution in [0.2, 0.25) is 0 Å². The number of carbonyl (C=O) groups excluding carboxylic acids is 2. The van der Waals surface area contributed by atoms with Crippen LogP contribution in [0.1, 0.15) is 6.42 Å². The molecule has 0 aliphatic carbocycles. The summed E-state index contributed by atoms with van der Waals surface area (Å²) in [5, 5.41) is 0.0684. The maximum atomic E-state index is 11.0. The van der Waals surface area contributed by atoms with E-state index in [0.29, 0.717) is 13.0 Å². The van der Waals surface area contributed by atoms with E-state index in [2.05, 4.69) is 4.74 Å². The van der Waals surface area contributed by atoms with Gasteiger partial charge in [0, 0.05) is 18.8 Å². The molecule has 1 aliphatic heterocycles. The highest BCUT2D eigenvalue weighted by molar-refractivity contribution is 8.13. The molecule has 0 radical (unpaired) electrons. The number of hydrogen-bond acceptors (Lipinski definition) is 4. The van der Waals surface area contributed by atoms with Crippen molar-refractivity contribution in [2.75, 3.05) is 26.0 Å². The van der Waals surface area contributed by atoms with Gasteiger partial charge in [0.2, 0.25) is 0 Å². The average molecular weight is 189 g/mol. The molecule has 5 heteroatoms. The smallest absolute Gasteiger partial charge is 0.307 e. The molecule has 1 rings (SSSR count). The lowest BCUT2D eigenvalue weighted by Gasteiger charge is -2.12. The third-order valence-corrected chi connectivity index (χ3v) is 2.55. The van der Waals surface area contributed by atoms with Gasteiger partial charge in [-0.3, -0.25) is 9.59 Å². The summed E-state index contributed by atoms with van der Waals surface area (Å²) in [7, 11) is 1.35. The van der Waals surface area contributed by atoms with Crippen molar-refractivity contribution in [1.82, 2.24) is 4.90 Å². The van der Waals surface area contributed by atoms with E-state index in [9.17, 15) is 9.59 Å². The van der Waals surface area contributed by atoms with Crippen molar-refractivity contribution < 1.29 is 14.3 Å². The standard InChI is InChI=1S/C7H11NO3S/c1-11-6(9)2-3-8-4-5-12-7(8)10/h2-5H2,1H3. The highest BCUT2D eigenvalue weighted by Gasteiger charge is 2.21. The zero-order chi connectivity index (χ0) is 8.97. The second-order valence-electron chi connectivity index (χ2n) is 2.43. The molecule has 0 saturated carbocycles. The minimum Gasteiger partial charge on any atom is -0.469 e. The zero-order valence-corrected chi connectivity index (χ0v) is 7.73. The van der Waals surface area contributed by atoms with Crippen LogP contribution in [0.5, 0.6) is 0 Å². The first-order valence-electron chi connectivity index (χ1n) is 3.72. The molecule has 4 nitrogen and oxygen atoms in total. The lowest BCUT2D eigenvalue weighted by atomic mass is 10.4. The van der Waals surface area contributed by atoms with Crippen molar-refractivity contribution in [2.45, 2.75) is 6.42 Å². The number of nitrogens with zero attached hydrogens (tertiary/aromatic N) is 1. The fourth-order valence-corrected chi connectivity index (χ4v) is 1.81. The lowest BCUT2D eigenvalue weighted by Crippen LogP contribution is -2.26. The molecule has 1 aliphatic rings. The summed E-state index contributed by atoms with van der Waals surface area (Å²) in [6.07, 6.45) is 0.294. The minimum absolute atomic E-state index is 0.0684. The third kappa shape index (κ3) is 2.41. The zero-order valence-electron chi connectivity index (χ0n) is 6.91. The molecule has 0 atom stereocenters. The molecule has 1 amide bonds. The highest BCUT2D eigenvalue weighted by atomic mass is 32.2. The van der Waals surface area contributed by atoms with E-state index < -0.39 is 0 Å². The van der Waals surface area contributed by atoms with Gasteiger partial charge in [-0.05, 0) is 0 Å². The van der Waals surface area contributed by atoms with Gasteiger partial charge in [-0.2, -0.15) is 0 Å². The van der Waals surface area contributed by atoms with Crippen LogP contribution in [0, 0.1) is 0 Å². The molecule has 68 valence electrons. The van der Waals surface area contributed by atoms with Gasteiger partial charge in [-0.1, -0.05) is 11.8 Å². The first kappa shape index (κ1) is 9.38. The maximum Gasteiger partial charge on any atom is 0.307 e. The highest BCUT2D eigenvalue weighted by Crippen LogP contribution is 2.16. The van der Waals surface area contributed by atoms with Crippen LogP contribution in [0.4, 0.5) is 4.79 Å². The third-order valence-electron chi connectivity index (χ3n) is 1.66. The largest absolute Gasteiger partial charge is 0.469 e. The Kier molecular flexibility index (Phi) is 3.40. The predicted molar refractivity (Wildman–Crippen MR) is 46.1 cm³/mol. The normalized spacial score (nSPS) is 16.8. The Morgan fingerprint density at radius 1 is 1.75 bits per heavy atom. The van der Waals surface area contributed by atoms with Crippen molar-refractivity contribution >= 4 is 23.0 Å². The van der Waals surface area contributed by atoms with Crippen molar-refractivity contribution in [3.8, 4) is 0 Å². The number of rotatable bonds is 3. The van der Waals surface area contributed by atoms with Gasteiger partial charge in [0.25, 0.3) is 5.24 Å². The van der Waals surface area contributed by atoms with E-state index in [-0.39, 0.29) is 11.2 Å². The lowest BCUT2D eigenvalue weighted by molar-refractivity contribution is -0.140. The van der Waals surface area contributed by atoms with Crippen molar-refractivity contribution in [3.05, 3.63) is 0 Å². The Balaban J connectivity index is 2.22. The summed E-state index contributed by atoms with van der Waals surface area (Å²) in [5.74, 6) is 0.569. The molecule has 0 aromatic carbocycles. The van der Waals surface area contributed by atoms with E-state index in [4.69, 9.17) is 0 Å². The monoisotopic (exact) mass is 189 g/mol. The number of hydrogen-bond donors (Lipinski definition) is 0. The topological polar surface area (TPSA) is 46.6 Å². The van der Waals surface area contributed by atoms with Crippen LogP contribution in [0.25, 0.3) is 0 Å². The summed E-state index contributed by atoms with van der Waals surface area (Å²) < 4.78 is 4.46. The molecular weight excluding hydrogens is 178 g/mol. The van der Waals surface area contributed by atoms with Crippen LogP contribution in [0.15, 0.2) is 0 Å². The van der Waals surface area contributed by atoms with Crippen molar-refractivity contribution in [3.63, 3.8) is 0 Å². The van der Waals surface area contributed by atoms with Crippen LogP contribution >= 0.6 is 11.8 Å². The molecule has 0 unspecified atom stereocenters. The van der Waals surface area contributed by atoms with Crippen LogP contribution in [-0.4, -0.2) is 42.1 Å². The number of amides is 1. The average Bonchev–Trinajstić information content (AvgIpc) is 2.47. The van der Waals surface area contributed by atoms with E-state index in [0.717, 1.165) is 12.3 Å². The van der Waals surface area contributed by atoms with E-state index >= 15 is 0 Å². The molecule has 0 aromatic heterocycles. The van der Waals surface area contributed by atoms with Gasteiger partial charge in [0.1, 0.15) is 0 Å². The van der Waals surface area contributed by atoms with Gasteiger partial charge in [0.15, 0.2) is 0 Å². The van der Waals surface area contributed by atoms with Gasteiger partial charge in [0.05, 0.1) is 13.5 Å². The Morgan fingerprint density at radius 2 is 2.50 bits per heavy atom. The molecular formula is C7H11NO3S. The SMILES string of the molecule is COC(=O)CCN1CCSC1=O. The molecule has 0 aromatic rings. The number of ether oxygens (including phenoxy) is 1. The second-order valence-corrected chi connectivity index (χ2v) is 3.47. The van der Waals surface area contributed by atoms with E-state index in [1.165, 1.54) is 18.9 Å². The molecule has 0 bridgehead atoms. The Bertz CT molecular complexity index is 195. The number of carbonyl (C=O) groups is 2. The van der Waals surface area contributed by atoms with E-state index in [1.807, 2.05) is 0 Å². The van der Waals surface area contributed by atoms with Crippen molar-refractivity contribution in [2.24, 2.45) is 0 Å². The van der Waals surface area contributed by atoms with Gasteiger partial charge >= 0.3 is 5.97 Å². The summed E-state index contributed by atoms with van der Waals surface area (Å²) in [4.78, 5) is 23.4.